The number of H-pyrrole nitrogens is 1. The Morgan fingerprint density at radius 2 is 2.10 bits per heavy atom. The number of anilines is 1. The van der Waals surface area contributed by atoms with Gasteiger partial charge in [-0.15, -0.1) is 0 Å². The summed E-state index contributed by atoms with van der Waals surface area (Å²) in [5, 5.41) is 29.0. The number of aliphatic hydroxyl groups excluding tert-OH is 3. The largest absolute Gasteiger partial charge is 0.394 e. The number of aromatic nitrogens is 4. The lowest BCUT2D eigenvalue weighted by Gasteiger charge is -2.17. The molecule has 0 aliphatic carbocycles. The van der Waals surface area contributed by atoms with E-state index in [2.05, 4.69) is 15.0 Å². The van der Waals surface area contributed by atoms with Crippen molar-refractivity contribution < 1.29 is 20.1 Å². The summed E-state index contributed by atoms with van der Waals surface area (Å²) in [6, 6.07) is 0. The third-order valence-electron chi connectivity index (χ3n) is 3.30. The quantitative estimate of drug-likeness (QED) is 0.279. The summed E-state index contributed by atoms with van der Waals surface area (Å²) >= 11 is 1.85. The molecular formula is C10H12IN5O5. The first-order chi connectivity index (χ1) is 9.93. The van der Waals surface area contributed by atoms with Crippen LogP contribution in [-0.2, 0) is 4.74 Å². The number of nitrogens with one attached hydrogen (secondary N) is 1. The van der Waals surface area contributed by atoms with E-state index < -0.39 is 36.7 Å². The average Bonchev–Trinajstić information content (AvgIpc) is 2.89. The van der Waals surface area contributed by atoms with Gasteiger partial charge in [0.25, 0.3) is 5.56 Å². The molecule has 21 heavy (non-hydrogen) atoms. The maximum absolute atomic E-state index is 11.8. The lowest BCUT2D eigenvalue weighted by atomic mass is 10.1. The Labute approximate surface area is 130 Å². The van der Waals surface area contributed by atoms with Crippen molar-refractivity contribution in [3.8, 4) is 0 Å². The van der Waals surface area contributed by atoms with Crippen molar-refractivity contribution in [2.75, 3.05) is 12.3 Å². The van der Waals surface area contributed by atoms with Crippen LogP contribution in [0.15, 0.2) is 4.79 Å². The fourth-order valence-electron chi connectivity index (χ4n) is 2.29. The van der Waals surface area contributed by atoms with Crippen molar-refractivity contribution in [2.24, 2.45) is 0 Å². The van der Waals surface area contributed by atoms with E-state index in [0.717, 1.165) is 0 Å². The summed E-state index contributed by atoms with van der Waals surface area (Å²) in [5.41, 5.74) is 5.18. The molecule has 1 fully saturated rings. The molecule has 2 aromatic rings. The molecule has 4 atom stereocenters. The Morgan fingerprint density at radius 1 is 1.38 bits per heavy atom. The van der Waals surface area contributed by atoms with Crippen LogP contribution in [0.3, 0.4) is 0 Å². The zero-order valence-corrected chi connectivity index (χ0v) is 12.6. The Balaban J connectivity index is 2.17. The molecule has 6 N–H and O–H groups in total. The number of hydrogen-bond acceptors (Lipinski definition) is 8. The van der Waals surface area contributed by atoms with Crippen LogP contribution < -0.4 is 11.3 Å². The second-order valence-corrected chi connectivity index (χ2v) is 5.57. The normalized spacial score (nSPS) is 29.3. The number of aliphatic hydroxyl groups is 3. The summed E-state index contributed by atoms with van der Waals surface area (Å²) in [6.45, 7) is -0.450. The molecule has 0 radical (unpaired) electrons. The molecule has 3 rings (SSSR count). The van der Waals surface area contributed by atoms with Crippen molar-refractivity contribution in [1.29, 1.82) is 0 Å². The van der Waals surface area contributed by atoms with Gasteiger partial charge in [0.15, 0.2) is 21.2 Å². The molecule has 114 valence electrons. The van der Waals surface area contributed by atoms with Gasteiger partial charge in [0, 0.05) is 22.6 Å². The molecule has 2 aromatic heterocycles. The molecular weight excluding hydrogens is 397 g/mol. The monoisotopic (exact) mass is 409 g/mol. The van der Waals surface area contributed by atoms with E-state index in [9.17, 15) is 15.0 Å². The first-order valence-corrected chi connectivity index (χ1v) is 7.07. The zero-order chi connectivity index (χ0) is 15.3. The van der Waals surface area contributed by atoms with Gasteiger partial charge in [-0.05, 0) is 0 Å². The maximum atomic E-state index is 11.8. The second-order valence-electron chi connectivity index (χ2n) is 4.60. The first kappa shape index (κ1) is 14.6. The van der Waals surface area contributed by atoms with Crippen LogP contribution in [-0.4, -0.2) is 59.8 Å². The average molecular weight is 409 g/mol. The molecule has 1 saturated heterocycles. The lowest BCUT2D eigenvalue weighted by molar-refractivity contribution is -0.0522. The van der Waals surface area contributed by atoms with Gasteiger partial charge in [-0.3, -0.25) is 14.3 Å². The van der Waals surface area contributed by atoms with Crippen LogP contribution in [0.4, 0.5) is 5.95 Å². The Kier molecular flexibility index (Phi) is 3.61. The molecule has 0 spiro atoms. The highest BCUT2D eigenvalue weighted by molar-refractivity contribution is 14.1. The van der Waals surface area contributed by atoms with Crippen LogP contribution >= 0.6 is 22.6 Å². The smallest absolute Gasteiger partial charge is 0.280 e. The topological polar surface area (TPSA) is 160 Å². The number of imidazole rings is 1. The summed E-state index contributed by atoms with van der Waals surface area (Å²) in [5.74, 6) is -0.100. The van der Waals surface area contributed by atoms with Gasteiger partial charge in [0.05, 0.1) is 6.61 Å². The predicted octanol–water partition coefficient (Wildman–Crippen LogP) is -2.08. The number of aromatic amines is 1. The third-order valence-corrected chi connectivity index (χ3v) is 4.06. The number of ether oxygens (including phenoxy) is 1. The van der Waals surface area contributed by atoms with Gasteiger partial charge in [-0.1, -0.05) is 0 Å². The van der Waals surface area contributed by atoms with E-state index in [-0.39, 0.29) is 17.1 Å². The van der Waals surface area contributed by atoms with Crippen LogP contribution in [0.25, 0.3) is 11.2 Å². The van der Waals surface area contributed by atoms with Gasteiger partial charge >= 0.3 is 0 Å². The summed E-state index contributed by atoms with van der Waals surface area (Å²) in [7, 11) is 0. The Morgan fingerprint density at radius 3 is 2.71 bits per heavy atom. The standard InChI is InChI=1S/C10H12IN5O5/c11-9-13-3-6(14-10(12)15-7(3)20)16(9)8-5(19)4(18)2(1-17)21-8/h2,4-5,8,17-19H,1H2,(H3,12,14,15,20). The highest BCUT2D eigenvalue weighted by Crippen LogP contribution is 2.32. The number of halogens is 1. The maximum Gasteiger partial charge on any atom is 0.280 e. The minimum atomic E-state index is -1.30. The summed E-state index contributed by atoms with van der Waals surface area (Å²) in [6.07, 6.45) is -4.51. The molecule has 0 saturated carbocycles. The van der Waals surface area contributed by atoms with Crippen LogP contribution in [0.2, 0.25) is 0 Å². The molecule has 3 heterocycles. The van der Waals surface area contributed by atoms with Crippen LogP contribution in [0, 0.1) is 3.83 Å². The van der Waals surface area contributed by atoms with Gasteiger partial charge in [0.2, 0.25) is 5.95 Å². The van der Waals surface area contributed by atoms with Crippen molar-refractivity contribution in [3.63, 3.8) is 0 Å². The van der Waals surface area contributed by atoms with E-state index in [1.807, 2.05) is 22.6 Å². The first-order valence-electron chi connectivity index (χ1n) is 5.99. The fourth-order valence-corrected chi connectivity index (χ4v) is 3.04. The van der Waals surface area contributed by atoms with E-state index in [1.165, 1.54) is 4.57 Å². The highest BCUT2D eigenvalue weighted by atomic mass is 127. The SMILES string of the molecule is Nc1nc2c(nc(I)n2C2OC(CO)C(O)C2O)c(=O)[nH]1. The van der Waals surface area contributed by atoms with Gasteiger partial charge in [0.1, 0.15) is 18.3 Å². The van der Waals surface area contributed by atoms with E-state index >= 15 is 0 Å². The number of hydrogen-bond donors (Lipinski definition) is 5. The number of fused-ring (bicyclic) bond motifs is 1. The Bertz CT molecular complexity index is 745. The summed E-state index contributed by atoms with van der Waals surface area (Å²) < 4.78 is 7.12. The van der Waals surface area contributed by atoms with Gasteiger partial charge in [-0.2, -0.15) is 4.98 Å². The lowest BCUT2D eigenvalue weighted by Crippen LogP contribution is -2.33. The van der Waals surface area contributed by atoms with Crippen LogP contribution in [0.1, 0.15) is 6.23 Å². The molecule has 10 nitrogen and oxygen atoms in total. The zero-order valence-electron chi connectivity index (χ0n) is 10.5. The molecule has 0 bridgehead atoms. The molecule has 11 heteroatoms. The summed E-state index contributed by atoms with van der Waals surface area (Å²) in [4.78, 5) is 22.2. The molecule has 0 aromatic carbocycles. The minimum absolute atomic E-state index is 0.0475. The van der Waals surface area contributed by atoms with Crippen molar-refractivity contribution in [1.82, 2.24) is 19.5 Å². The molecule has 4 unspecified atom stereocenters. The van der Waals surface area contributed by atoms with Crippen molar-refractivity contribution in [3.05, 3.63) is 14.2 Å². The minimum Gasteiger partial charge on any atom is -0.394 e. The second kappa shape index (κ2) is 5.17. The molecule has 0 amide bonds. The van der Waals surface area contributed by atoms with Gasteiger partial charge < -0.3 is 25.8 Å². The third kappa shape index (κ3) is 2.20. The highest BCUT2D eigenvalue weighted by Gasteiger charge is 2.44. The fraction of sp³-hybridized carbons (Fsp3) is 0.500. The number of nitrogens with zero attached hydrogens (tertiary/aromatic N) is 3. The molecule has 1 aliphatic heterocycles. The Hall–Kier alpha value is -1.28. The number of nitrogen functional groups attached to an aromatic ring is 1. The predicted molar refractivity (Wildman–Crippen MR) is 78.3 cm³/mol. The van der Waals surface area contributed by atoms with E-state index in [1.54, 1.807) is 0 Å². The van der Waals surface area contributed by atoms with Crippen molar-refractivity contribution in [2.45, 2.75) is 24.5 Å². The van der Waals surface area contributed by atoms with Crippen molar-refractivity contribution >= 4 is 39.7 Å². The number of nitrogens with two attached hydrogens (primary N) is 1. The molecule has 1 aliphatic rings. The van der Waals surface area contributed by atoms with Gasteiger partial charge in [-0.25, -0.2) is 4.98 Å². The van der Waals surface area contributed by atoms with E-state index in [4.69, 9.17) is 15.6 Å². The van der Waals surface area contributed by atoms with E-state index in [0.29, 0.717) is 3.83 Å². The van der Waals surface area contributed by atoms with Crippen LogP contribution in [0.5, 0.6) is 0 Å². The number of rotatable bonds is 2.